The molecule has 0 aliphatic carbocycles. The van der Waals surface area contributed by atoms with Crippen LogP contribution in [0.3, 0.4) is 0 Å². The van der Waals surface area contributed by atoms with E-state index in [9.17, 15) is 9.18 Å². The van der Waals surface area contributed by atoms with E-state index in [1.54, 1.807) is 18.2 Å². The van der Waals surface area contributed by atoms with Crippen molar-refractivity contribution in [2.24, 2.45) is 0 Å². The van der Waals surface area contributed by atoms with Crippen molar-refractivity contribution in [3.8, 4) is 11.5 Å². The van der Waals surface area contributed by atoms with Gasteiger partial charge in [-0.1, -0.05) is 30.3 Å². The summed E-state index contributed by atoms with van der Waals surface area (Å²) >= 11 is 0. The number of halogens is 1. The van der Waals surface area contributed by atoms with Crippen LogP contribution in [0.25, 0.3) is 22.6 Å². The lowest BCUT2D eigenvalue weighted by molar-refractivity contribution is -0.115. The molecule has 3 heterocycles. The second-order valence-electron chi connectivity index (χ2n) is 9.32. The third kappa shape index (κ3) is 5.04. The van der Waals surface area contributed by atoms with Crippen molar-refractivity contribution in [3.05, 3.63) is 101 Å². The van der Waals surface area contributed by atoms with Crippen LogP contribution in [0.2, 0.25) is 0 Å². The fourth-order valence-corrected chi connectivity index (χ4v) is 4.87. The number of hydrogen-bond donors (Lipinski definition) is 1. The lowest BCUT2D eigenvalue weighted by atomic mass is 9.99. The van der Waals surface area contributed by atoms with Crippen LogP contribution in [0.5, 0.6) is 11.5 Å². The van der Waals surface area contributed by atoms with E-state index in [-0.39, 0.29) is 18.4 Å². The van der Waals surface area contributed by atoms with Crippen LogP contribution in [0, 0.1) is 5.82 Å². The van der Waals surface area contributed by atoms with E-state index in [1.165, 1.54) is 23.3 Å². The standard InChI is InChI=1S/C30H26FN3O3/c31-24-7-9-26-27(17-24)32-33-30(26)22(15-20-5-10-28-29(16-20)37-19-36-28)6-8-25(35)12-14-34-13-11-21-3-1-2-4-23(21)18-34/h1-10,15-17H,11-14,18-19H2,(H,32,33). The first-order chi connectivity index (χ1) is 18.1. The van der Waals surface area contributed by atoms with Gasteiger partial charge in [0.05, 0.1) is 11.2 Å². The molecule has 6 nitrogen and oxygen atoms in total. The van der Waals surface area contributed by atoms with E-state index in [1.807, 2.05) is 24.3 Å². The van der Waals surface area contributed by atoms with Gasteiger partial charge >= 0.3 is 0 Å². The third-order valence-corrected chi connectivity index (χ3v) is 6.85. The molecule has 0 unspecified atom stereocenters. The molecule has 0 amide bonds. The highest BCUT2D eigenvalue weighted by molar-refractivity contribution is 6.01. The highest BCUT2D eigenvalue weighted by atomic mass is 19.1. The second-order valence-corrected chi connectivity index (χ2v) is 9.32. The maximum absolute atomic E-state index is 13.7. The van der Waals surface area contributed by atoms with E-state index >= 15 is 0 Å². The summed E-state index contributed by atoms with van der Waals surface area (Å²) < 4.78 is 24.7. The molecule has 3 aromatic carbocycles. The number of rotatable bonds is 7. The maximum atomic E-state index is 13.7. The van der Waals surface area contributed by atoms with Crippen molar-refractivity contribution in [2.45, 2.75) is 19.4 Å². The molecule has 1 aromatic heterocycles. The van der Waals surface area contributed by atoms with Crippen molar-refractivity contribution in [1.29, 1.82) is 0 Å². The number of nitrogens with zero attached hydrogens (tertiary/aromatic N) is 2. The van der Waals surface area contributed by atoms with Crippen LogP contribution in [0.15, 0.2) is 72.8 Å². The van der Waals surface area contributed by atoms with E-state index in [0.29, 0.717) is 35.7 Å². The van der Waals surface area contributed by atoms with Gasteiger partial charge in [-0.2, -0.15) is 5.10 Å². The Labute approximate surface area is 214 Å². The number of carbonyl (C=O) groups is 1. The normalized spacial score (nSPS) is 15.4. The van der Waals surface area contributed by atoms with Gasteiger partial charge in [-0.05, 0) is 71.7 Å². The molecule has 0 atom stereocenters. The molecular formula is C30H26FN3O3. The Morgan fingerprint density at radius 3 is 2.81 bits per heavy atom. The first kappa shape index (κ1) is 23.2. The Bertz CT molecular complexity index is 1540. The average molecular weight is 496 g/mol. The quantitative estimate of drug-likeness (QED) is 0.269. The van der Waals surface area contributed by atoms with Gasteiger partial charge in [-0.3, -0.25) is 14.8 Å². The fraction of sp³-hybridized carbons (Fsp3) is 0.200. The van der Waals surface area contributed by atoms with Gasteiger partial charge in [0.2, 0.25) is 6.79 Å². The van der Waals surface area contributed by atoms with Crippen LogP contribution in [0.1, 0.15) is 28.8 Å². The number of nitrogens with one attached hydrogen (secondary N) is 1. The zero-order chi connectivity index (χ0) is 25.2. The van der Waals surface area contributed by atoms with E-state index in [4.69, 9.17) is 9.47 Å². The molecule has 0 spiro atoms. The van der Waals surface area contributed by atoms with E-state index in [2.05, 4.69) is 39.4 Å². The molecule has 0 saturated carbocycles. The number of benzene rings is 3. The summed E-state index contributed by atoms with van der Waals surface area (Å²) in [5.41, 5.74) is 5.58. The molecule has 1 N–H and O–H groups in total. The summed E-state index contributed by atoms with van der Waals surface area (Å²) in [7, 11) is 0. The summed E-state index contributed by atoms with van der Waals surface area (Å²) in [5.74, 6) is 1.08. The molecule has 2 aliphatic heterocycles. The first-order valence-corrected chi connectivity index (χ1v) is 12.4. The SMILES string of the molecule is O=C(C=CC(=Cc1ccc2c(c1)OCO2)c1n[nH]c2cc(F)ccc12)CCN1CCc2ccccc2C1. The molecule has 0 bridgehead atoms. The number of aromatic amines is 1. The molecule has 0 saturated heterocycles. The fourth-order valence-electron chi connectivity index (χ4n) is 4.87. The number of hydrogen-bond acceptors (Lipinski definition) is 5. The zero-order valence-corrected chi connectivity index (χ0v) is 20.2. The topological polar surface area (TPSA) is 67.5 Å². The molecule has 7 heteroatoms. The van der Waals surface area contributed by atoms with Gasteiger partial charge in [-0.15, -0.1) is 0 Å². The van der Waals surface area contributed by atoms with Gasteiger partial charge in [-0.25, -0.2) is 4.39 Å². The second kappa shape index (κ2) is 10.0. The molecule has 186 valence electrons. The van der Waals surface area contributed by atoms with Gasteiger partial charge in [0.25, 0.3) is 0 Å². The lowest BCUT2D eigenvalue weighted by Crippen LogP contribution is -2.32. The van der Waals surface area contributed by atoms with E-state index in [0.717, 1.165) is 36.0 Å². The number of fused-ring (bicyclic) bond motifs is 3. The average Bonchev–Trinajstić information content (AvgIpc) is 3.56. The Balaban J connectivity index is 1.22. The summed E-state index contributed by atoms with van der Waals surface area (Å²) in [6.07, 6.45) is 6.78. The number of ether oxygens (including phenoxy) is 2. The van der Waals surface area contributed by atoms with Crippen molar-refractivity contribution in [1.82, 2.24) is 15.1 Å². The lowest BCUT2D eigenvalue weighted by Gasteiger charge is -2.28. The summed E-state index contributed by atoms with van der Waals surface area (Å²) in [4.78, 5) is 15.2. The van der Waals surface area contributed by atoms with Gasteiger partial charge < -0.3 is 9.47 Å². The number of carbonyl (C=O) groups excluding carboxylic acids is 1. The largest absolute Gasteiger partial charge is 0.454 e. The minimum Gasteiger partial charge on any atom is -0.454 e. The number of allylic oxidation sites excluding steroid dienone is 3. The summed E-state index contributed by atoms with van der Waals surface area (Å²) in [5, 5.41) is 8.11. The predicted molar refractivity (Wildman–Crippen MR) is 141 cm³/mol. The van der Waals surface area contributed by atoms with Gasteiger partial charge in [0, 0.05) is 37.0 Å². The van der Waals surface area contributed by atoms with Gasteiger partial charge in [0.1, 0.15) is 5.82 Å². The Hall–Kier alpha value is -4.23. The van der Waals surface area contributed by atoms with Crippen LogP contribution in [-0.4, -0.2) is 40.8 Å². The minimum absolute atomic E-state index is 0.0429. The molecular weight excluding hydrogens is 469 g/mol. The molecule has 6 rings (SSSR count). The monoisotopic (exact) mass is 495 g/mol. The molecule has 0 radical (unpaired) electrons. The summed E-state index contributed by atoms with van der Waals surface area (Å²) in [6.45, 7) is 2.74. The van der Waals surface area contributed by atoms with E-state index < -0.39 is 0 Å². The van der Waals surface area contributed by atoms with Crippen LogP contribution in [-0.2, 0) is 17.8 Å². The third-order valence-electron chi connectivity index (χ3n) is 6.85. The van der Waals surface area contributed by atoms with Crippen molar-refractivity contribution < 1.29 is 18.7 Å². The predicted octanol–water partition coefficient (Wildman–Crippen LogP) is 5.55. The van der Waals surface area contributed by atoms with Gasteiger partial charge in [0.15, 0.2) is 17.3 Å². The highest BCUT2D eigenvalue weighted by Gasteiger charge is 2.17. The Morgan fingerprint density at radius 2 is 1.89 bits per heavy atom. The zero-order valence-electron chi connectivity index (χ0n) is 20.2. The number of aromatic nitrogens is 2. The maximum Gasteiger partial charge on any atom is 0.231 e. The molecule has 4 aromatic rings. The first-order valence-electron chi connectivity index (χ1n) is 12.4. The number of H-pyrrole nitrogens is 1. The molecule has 0 fully saturated rings. The Kier molecular flexibility index (Phi) is 6.28. The van der Waals surface area contributed by atoms with Crippen LogP contribution < -0.4 is 9.47 Å². The van der Waals surface area contributed by atoms with Crippen molar-refractivity contribution >= 4 is 28.3 Å². The smallest absolute Gasteiger partial charge is 0.231 e. The highest BCUT2D eigenvalue weighted by Crippen LogP contribution is 2.34. The van der Waals surface area contributed by atoms with Crippen molar-refractivity contribution in [3.63, 3.8) is 0 Å². The number of ketones is 1. The van der Waals surface area contributed by atoms with Crippen LogP contribution >= 0.6 is 0 Å². The summed E-state index contributed by atoms with van der Waals surface area (Å²) in [6, 6.07) is 18.7. The van der Waals surface area contributed by atoms with Crippen LogP contribution in [0.4, 0.5) is 4.39 Å². The minimum atomic E-state index is -0.338. The Morgan fingerprint density at radius 1 is 1.03 bits per heavy atom. The molecule has 2 aliphatic rings. The van der Waals surface area contributed by atoms with Crippen molar-refractivity contribution in [2.75, 3.05) is 19.9 Å². The molecule has 37 heavy (non-hydrogen) atoms.